The van der Waals surface area contributed by atoms with Crippen molar-refractivity contribution < 1.29 is 4.79 Å². The quantitative estimate of drug-likeness (QED) is 0.914. The first-order valence-corrected chi connectivity index (χ1v) is 6.17. The van der Waals surface area contributed by atoms with Crippen molar-refractivity contribution in [1.82, 2.24) is 0 Å². The summed E-state index contributed by atoms with van der Waals surface area (Å²) in [5.41, 5.74) is 6.13. The maximum absolute atomic E-state index is 11.4. The lowest BCUT2D eigenvalue weighted by Gasteiger charge is -2.06. The summed E-state index contributed by atoms with van der Waals surface area (Å²) in [7, 11) is 0. The third kappa shape index (κ3) is 3.05. The number of carbonyl (C=O) groups is 1. The highest BCUT2D eigenvalue weighted by Crippen LogP contribution is 2.22. The van der Waals surface area contributed by atoms with Gasteiger partial charge in [-0.1, -0.05) is 28.1 Å². The molecule has 2 aromatic rings. The molecule has 0 saturated carbocycles. The number of rotatable bonds is 3. The molecule has 0 aromatic heterocycles. The number of fused-ring (bicyclic) bond motifs is 1. The highest BCUT2D eigenvalue weighted by atomic mass is 79.9. The van der Waals surface area contributed by atoms with Crippen LogP contribution in [0.15, 0.2) is 40.9 Å². The lowest BCUT2D eigenvalue weighted by atomic mass is 10.1. The normalized spacial score (nSPS) is 10.5. The molecule has 0 fully saturated rings. The topological polar surface area (TPSA) is 55.1 Å². The molecule has 2 rings (SSSR count). The van der Waals surface area contributed by atoms with E-state index in [1.54, 1.807) is 0 Å². The largest absolute Gasteiger partial charge is 0.330 e. The molecule has 0 unspecified atom stereocenters. The van der Waals surface area contributed by atoms with Crippen LogP contribution in [0.2, 0.25) is 0 Å². The van der Waals surface area contributed by atoms with Crippen LogP contribution >= 0.6 is 15.9 Å². The van der Waals surface area contributed by atoms with E-state index in [1.807, 2.05) is 36.4 Å². The van der Waals surface area contributed by atoms with Crippen molar-refractivity contribution in [2.24, 2.45) is 5.73 Å². The van der Waals surface area contributed by atoms with E-state index in [4.69, 9.17) is 5.73 Å². The van der Waals surface area contributed by atoms with Crippen LogP contribution in [0.3, 0.4) is 0 Å². The van der Waals surface area contributed by atoms with Crippen LogP contribution in [0.1, 0.15) is 6.42 Å². The third-order valence-electron chi connectivity index (χ3n) is 2.46. The molecule has 4 heteroatoms. The van der Waals surface area contributed by atoms with Crippen LogP contribution in [0, 0.1) is 0 Å². The number of nitrogens with one attached hydrogen (secondary N) is 1. The summed E-state index contributed by atoms with van der Waals surface area (Å²) < 4.78 is 1.05. The average Bonchev–Trinajstić information content (AvgIpc) is 2.29. The molecule has 2 aromatic carbocycles. The van der Waals surface area contributed by atoms with E-state index in [0.717, 1.165) is 20.9 Å². The lowest BCUT2D eigenvalue weighted by Crippen LogP contribution is -2.16. The summed E-state index contributed by atoms with van der Waals surface area (Å²) in [5, 5.41) is 5.05. The van der Waals surface area contributed by atoms with Gasteiger partial charge in [-0.2, -0.15) is 0 Å². The van der Waals surface area contributed by atoms with E-state index in [9.17, 15) is 4.79 Å². The van der Waals surface area contributed by atoms with Crippen LogP contribution in [0.25, 0.3) is 10.8 Å². The van der Waals surface area contributed by atoms with E-state index in [1.165, 1.54) is 0 Å². The minimum absolute atomic E-state index is 0.0519. The van der Waals surface area contributed by atoms with Gasteiger partial charge < -0.3 is 11.1 Å². The molecule has 1 amide bonds. The Kier molecular flexibility index (Phi) is 3.76. The summed E-state index contributed by atoms with van der Waals surface area (Å²) in [6.45, 7) is 0.367. The third-order valence-corrected chi connectivity index (χ3v) is 2.95. The van der Waals surface area contributed by atoms with Gasteiger partial charge in [-0.15, -0.1) is 0 Å². The minimum Gasteiger partial charge on any atom is -0.330 e. The highest BCUT2D eigenvalue weighted by Gasteiger charge is 2.02. The zero-order valence-corrected chi connectivity index (χ0v) is 10.8. The van der Waals surface area contributed by atoms with Crippen LogP contribution in [0.5, 0.6) is 0 Å². The predicted molar refractivity (Wildman–Crippen MR) is 73.9 cm³/mol. The van der Waals surface area contributed by atoms with E-state index >= 15 is 0 Å². The van der Waals surface area contributed by atoms with Crippen LogP contribution in [-0.2, 0) is 4.79 Å². The smallest absolute Gasteiger partial charge is 0.225 e. The first kappa shape index (κ1) is 12.1. The molecule has 0 bridgehead atoms. The van der Waals surface area contributed by atoms with E-state index in [2.05, 4.69) is 21.2 Å². The molecule has 0 atom stereocenters. The number of carbonyl (C=O) groups excluding carboxylic acids is 1. The van der Waals surface area contributed by atoms with Gasteiger partial charge in [-0.3, -0.25) is 4.79 Å². The molecule has 0 heterocycles. The van der Waals surface area contributed by atoms with E-state index in [0.29, 0.717) is 13.0 Å². The lowest BCUT2D eigenvalue weighted by molar-refractivity contribution is -0.116. The van der Waals surface area contributed by atoms with Crippen LogP contribution in [-0.4, -0.2) is 12.5 Å². The minimum atomic E-state index is -0.0519. The van der Waals surface area contributed by atoms with Crippen LogP contribution < -0.4 is 11.1 Å². The molecule has 3 nitrogen and oxygen atoms in total. The van der Waals surface area contributed by atoms with Crippen molar-refractivity contribution in [2.45, 2.75) is 6.42 Å². The monoisotopic (exact) mass is 292 g/mol. The first-order valence-electron chi connectivity index (χ1n) is 5.38. The molecule has 0 aliphatic heterocycles. The fraction of sp³-hybridized carbons (Fsp3) is 0.154. The van der Waals surface area contributed by atoms with Crippen molar-refractivity contribution in [1.29, 1.82) is 0 Å². The Morgan fingerprint density at radius 3 is 2.65 bits per heavy atom. The first-order chi connectivity index (χ1) is 8.19. The zero-order chi connectivity index (χ0) is 12.3. The highest BCUT2D eigenvalue weighted by molar-refractivity contribution is 9.10. The summed E-state index contributed by atoms with van der Waals surface area (Å²) in [6, 6.07) is 11.9. The van der Waals surface area contributed by atoms with Crippen molar-refractivity contribution in [3.05, 3.63) is 40.9 Å². The Morgan fingerprint density at radius 1 is 1.18 bits per heavy atom. The second-order valence-electron chi connectivity index (χ2n) is 3.79. The van der Waals surface area contributed by atoms with Crippen molar-refractivity contribution in [3.8, 4) is 0 Å². The van der Waals surface area contributed by atoms with Gasteiger partial charge >= 0.3 is 0 Å². The summed E-state index contributed by atoms with van der Waals surface area (Å²) in [6.07, 6.45) is 0.346. The number of hydrogen-bond acceptors (Lipinski definition) is 2. The maximum Gasteiger partial charge on any atom is 0.225 e. The fourth-order valence-electron chi connectivity index (χ4n) is 1.65. The average molecular weight is 293 g/mol. The molecule has 3 N–H and O–H groups in total. The van der Waals surface area contributed by atoms with E-state index in [-0.39, 0.29) is 5.91 Å². The Hall–Kier alpha value is -1.39. The summed E-state index contributed by atoms with van der Waals surface area (Å²) in [5.74, 6) is -0.0519. The maximum atomic E-state index is 11.4. The number of hydrogen-bond donors (Lipinski definition) is 2. The predicted octanol–water partition coefficient (Wildman–Crippen LogP) is 2.89. The molecular formula is C13H13BrN2O. The van der Waals surface area contributed by atoms with Gasteiger partial charge in [-0.25, -0.2) is 0 Å². The molecule has 0 spiro atoms. The molecule has 0 saturated heterocycles. The van der Waals surface area contributed by atoms with Gasteiger partial charge in [0.05, 0.1) is 0 Å². The second kappa shape index (κ2) is 5.29. The SMILES string of the molecule is NCCC(=O)Nc1ccc2cc(Br)ccc2c1. The van der Waals surface area contributed by atoms with Gasteiger partial charge in [-0.05, 0) is 35.0 Å². The van der Waals surface area contributed by atoms with Gasteiger partial charge in [0.15, 0.2) is 0 Å². The van der Waals surface area contributed by atoms with Crippen molar-refractivity contribution in [2.75, 3.05) is 11.9 Å². The Balaban J connectivity index is 2.26. The Morgan fingerprint density at radius 2 is 1.88 bits per heavy atom. The van der Waals surface area contributed by atoms with Crippen molar-refractivity contribution in [3.63, 3.8) is 0 Å². The number of amides is 1. The molecule has 17 heavy (non-hydrogen) atoms. The number of nitrogens with two attached hydrogens (primary N) is 1. The number of anilines is 1. The molecular weight excluding hydrogens is 280 g/mol. The molecule has 0 aliphatic carbocycles. The zero-order valence-electron chi connectivity index (χ0n) is 9.24. The van der Waals surface area contributed by atoms with Gasteiger partial charge in [0, 0.05) is 23.1 Å². The van der Waals surface area contributed by atoms with Crippen LogP contribution in [0.4, 0.5) is 5.69 Å². The van der Waals surface area contributed by atoms with Gasteiger partial charge in [0.25, 0.3) is 0 Å². The Bertz CT molecular complexity index is 554. The second-order valence-corrected chi connectivity index (χ2v) is 4.71. The summed E-state index contributed by atoms with van der Waals surface area (Å²) in [4.78, 5) is 11.4. The molecule has 88 valence electrons. The molecule has 0 radical (unpaired) electrons. The number of benzene rings is 2. The van der Waals surface area contributed by atoms with Gasteiger partial charge in [0.2, 0.25) is 5.91 Å². The summed E-state index contributed by atoms with van der Waals surface area (Å²) >= 11 is 3.43. The number of halogens is 1. The standard InChI is InChI=1S/C13H13BrN2O/c14-11-3-1-10-8-12(4-2-9(10)7-11)16-13(17)5-6-15/h1-4,7-8H,5-6,15H2,(H,16,17). The Labute approximate surface area is 108 Å². The fourth-order valence-corrected chi connectivity index (χ4v) is 2.03. The van der Waals surface area contributed by atoms with E-state index < -0.39 is 0 Å². The van der Waals surface area contributed by atoms with Crippen molar-refractivity contribution >= 4 is 38.3 Å². The molecule has 0 aliphatic rings. The van der Waals surface area contributed by atoms with Gasteiger partial charge in [0.1, 0.15) is 0 Å².